The minimum Gasteiger partial charge on any atom is -0.316 e. The molecule has 0 amide bonds. The van der Waals surface area contributed by atoms with Crippen LogP contribution in [0.15, 0.2) is 0 Å². The number of nitrogens with one attached hydrogen (secondary N) is 2. The summed E-state index contributed by atoms with van der Waals surface area (Å²) in [5.74, 6) is 3.43. The second-order valence-corrected chi connectivity index (χ2v) is 14.8. The van der Waals surface area contributed by atoms with Crippen molar-refractivity contribution in [1.29, 1.82) is 0 Å². The van der Waals surface area contributed by atoms with Gasteiger partial charge in [0.25, 0.3) is 0 Å². The summed E-state index contributed by atoms with van der Waals surface area (Å²) >= 11 is 0. The molecule has 2 saturated carbocycles. The smallest absolute Gasteiger partial charge is 0.0773 e. The van der Waals surface area contributed by atoms with Crippen molar-refractivity contribution in [2.45, 2.75) is 91.4 Å². The van der Waals surface area contributed by atoms with E-state index in [1.807, 2.05) is 0 Å². The molecule has 0 spiro atoms. The Balaban J connectivity index is 1.79. The lowest BCUT2D eigenvalue weighted by Crippen LogP contribution is -2.56. The second-order valence-electron chi connectivity index (χ2n) is 9.75. The highest BCUT2D eigenvalue weighted by Crippen LogP contribution is 2.30. The first-order valence-electron chi connectivity index (χ1n) is 10.3. The van der Waals surface area contributed by atoms with E-state index in [2.05, 4.69) is 51.4 Å². The van der Waals surface area contributed by atoms with Gasteiger partial charge in [-0.25, -0.2) is 0 Å². The van der Waals surface area contributed by atoms with Gasteiger partial charge in [-0.2, -0.15) is 0 Å². The lowest BCUT2D eigenvalue weighted by molar-refractivity contribution is 0.212. The van der Waals surface area contributed by atoms with Crippen LogP contribution in [0.5, 0.6) is 0 Å². The van der Waals surface area contributed by atoms with Gasteiger partial charge in [0.15, 0.2) is 0 Å². The fraction of sp³-hybridized carbons (Fsp3) is 1.00. The zero-order valence-electron chi connectivity index (χ0n) is 16.6. The van der Waals surface area contributed by atoms with E-state index in [0.717, 1.165) is 35.8 Å². The molecule has 2 N–H and O–H groups in total. The summed E-state index contributed by atoms with van der Waals surface area (Å²) in [5, 5.41) is 7.99. The van der Waals surface area contributed by atoms with Crippen LogP contribution in [0.3, 0.4) is 0 Å². The first-order chi connectivity index (χ1) is 10.8. The quantitative estimate of drug-likeness (QED) is 0.692. The highest BCUT2D eigenvalue weighted by Gasteiger charge is 2.32. The summed E-state index contributed by atoms with van der Waals surface area (Å²) in [6.07, 6.45) is 11.1. The third-order valence-corrected chi connectivity index (χ3v) is 9.05. The van der Waals surface area contributed by atoms with Crippen LogP contribution in [-0.2, 0) is 0 Å². The summed E-state index contributed by atoms with van der Waals surface area (Å²) in [6.45, 7) is 14.9. The zero-order chi connectivity index (χ0) is 17.0. The number of rotatable bonds is 6. The van der Waals surface area contributed by atoms with Crippen LogP contribution in [0.25, 0.3) is 0 Å². The van der Waals surface area contributed by atoms with Crippen LogP contribution in [0.1, 0.15) is 66.2 Å². The molecule has 2 aliphatic rings. The van der Waals surface area contributed by atoms with Crippen molar-refractivity contribution in [3.8, 4) is 0 Å². The molecular weight excluding hydrogens is 296 g/mol. The van der Waals surface area contributed by atoms with Crippen molar-refractivity contribution >= 4 is 8.07 Å². The minimum atomic E-state index is -1.21. The fourth-order valence-corrected chi connectivity index (χ4v) is 6.72. The molecule has 2 fully saturated rings. The van der Waals surface area contributed by atoms with E-state index < -0.39 is 8.07 Å². The van der Waals surface area contributed by atoms with Crippen LogP contribution < -0.4 is 10.6 Å². The molecule has 0 bridgehead atoms. The molecule has 0 aromatic heterocycles. The number of hydrogen-bond acceptors (Lipinski definition) is 2. The lowest BCUT2D eigenvalue weighted by atomic mass is 9.79. The van der Waals surface area contributed by atoms with Crippen molar-refractivity contribution in [1.82, 2.24) is 10.6 Å². The highest BCUT2D eigenvalue weighted by atomic mass is 28.3. The maximum Gasteiger partial charge on any atom is 0.0773 e. The minimum absolute atomic E-state index is 0.753. The lowest BCUT2D eigenvalue weighted by Gasteiger charge is -2.39. The van der Waals surface area contributed by atoms with E-state index >= 15 is 0 Å². The number of hydrogen-bond donors (Lipinski definition) is 2. The van der Waals surface area contributed by atoms with Gasteiger partial charge in [-0.15, -0.1) is 0 Å². The molecule has 0 saturated heterocycles. The normalized spacial score (nSPS) is 39.4. The van der Waals surface area contributed by atoms with Crippen LogP contribution in [0, 0.1) is 23.7 Å². The van der Waals surface area contributed by atoms with E-state index in [9.17, 15) is 0 Å². The largest absolute Gasteiger partial charge is 0.316 e. The molecule has 0 aliphatic heterocycles. The van der Waals surface area contributed by atoms with Gasteiger partial charge in [-0.3, -0.25) is 0 Å². The molecular formula is C20H42N2Si. The second kappa shape index (κ2) is 8.49. The van der Waals surface area contributed by atoms with Gasteiger partial charge in [0.05, 0.1) is 8.07 Å². The van der Waals surface area contributed by atoms with E-state index in [4.69, 9.17) is 0 Å². The average molecular weight is 339 g/mol. The Morgan fingerprint density at radius 2 is 0.957 bits per heavy atom. The van der Waals surface area contributed by atoms with E-state index in [1.54, 1.807) is 0 Å². The molecule has 4 atom stereocenters. The molecule has 2 aliphatic carbocycles. The first kappa shape index (κ1) is 19.5. The van der Waals surface area contributed by atoms with E-state index in [0.29, 0.717) is 0 Å². The molecule has 136 valence electrons. The Labute approximate surface area is 146 Å². The predicted octanol–water partition coefficient (Wildman–Crippen LogP) is 4.60. The Morgan fingerprint density at radius 1 is 0.652 bits per heavy atom. The summed E-state index contributed by atoms with van der Waals surface area (Å²) in [5.41, 5.74) is 0. The maximum absolute atomic E-state index is 3.99. The molecule has 0 heterocycles. The van der Waals surface area contributed by atoms with Gasteiger partial charge in [0.1, 0.15) is 0 Å². The van der Waals surface area contributed by atoms with Crippen LogP contribution >= 0.6 is 0 Å². The first-order valence-corrected chi connectivity index (χ1v) is 13.7. The van der Waals surface area contributed by atoms with Crippen molar-refractivity contribution in [2.75, 3.05) is 12.3 Å². The van der Waals surface area contributed by atoms with Crippen LogP contribution in [-0.4, -0.2) is 32.5 Å². The molecule has 2 rings (SSSR count). The fourth-order valence-electron chi connectivity index (χ4n) is 5.02. The maximum atomic E-state index is 3.99. The van der Waals surface area contributed by atoms with Crippen molar-refractivity contribution < 1.29 is 0 Å². The van der Waals surface area contributed by atoms with Gasteiger partial charge < -0.3 is 10.6 Å². The predicted molar refractivity (Wildman–Crippen MR) is 105 cm³/mol. The van der Waals surface area contributed by atoms with Gasteiger partial charge in [-0.05, 0) is 61.7 Å². The molecule has 0 radical (unpaired) electrons. The van der Waals surface area contributed by atoms with Gasteiger partial charge >= 0.3 is 0 Å². The Morgan fingerprint density at radius 3 is 1.26 bits per heavy atom. The summed E-state index contributed by atoms with van der Waals surface area (Å²) in [6, 6.07) is 1.51. The molecule has 2 nitrogen and oxygen atoms in total. The third kappa shape index (κ3) is 5.57. The van der Waals surface area contributed by atoms with Gasteiger partial charge in [0, 0.05) is 12.1 Å². The van der Waals surface area contributed by atoms with Crippen molar-refractivity contribution in [2.24, 2.45) is 23.7 Å². The van der Waals surface area contributed by atoms with Crippen molar-refractivity contribution in [3.05, 3.63) is 0 Å². The van der Waals surface area contributed by atoms with E-state index in [-0.39, 0.29) is 0 Å². The highest BCUT2D eigenvalue weighted by molar-refractivity contribution is 6.77. The Hall–Kier alpha value is 0.137. The molecule has 23 heavy (non-hydrogen) atoms. The standard InChI is InChI=1S/C20H42N2Si/c1-15-9-7-10-16(2)19(15)21-13-23(5,6)14-22-20-17(3)11-8-12-18(20)4/h15-22H,7-14H2,1-6H3. The average Bonchev–Trinajstić information content (AvgIpc) is 2.46. The topological polar surface area (TPSA) is 24.1 Å². The van der Waals surface area contributed by atoms with Crippen LogP contribution in [0.2, 0.25) is 13.1 Å². The Kier molecular flexibility index (Phi) is 7.18. The van der Waals surface area contributed by atoms with Gasteiger partial charge in [0.2, 0.25) is 0 Å². The van der Waals surface area contributed by atoms with Crippen LogP contribution in [0.4, 0.5) is 0 Å². The monoisotopic (exact) mass is 338 g/mol. The molecule has 0 aromatic carbocycles. The summed E-state index contributed by atoms with van der Waals surface area (Å²) < 4.78 is 0. The molecule has 3 heteroatoms. The van der Waals surface area contributed by atoms with Crippen molar-refractivity contribution in [3.63, 3.8) is 0 Å². The summed E-state index contributed by atoms with van der Waals surface area (Å²) in [4.78, 5) is 0. The molecule has 0 aromatic rings. The molecule has 4 unspecified atom stereocenters. The SMILES string of the molecule is CC1CCCC(C)C1NC[Si](C)(C)CNC1C(C)CCCC1C. The van der Waals surface area contributed by atoms with Gasteiger partial charge in [-0.1, -0.05) is 53.6 Å². The zero-order valence-corrected chi connectivity index (χ0v) is 17.6. The third-order valence-electron chi connectivity index (χ3n) is 6.72. The summed E-state index contributed by atoms with van der Waals surface area (Å²) in [7, 11) is -1.21. The Bertz CT molecular complexity index is 306. The van der Waals surface area contributed by atoms with E-state index in [1.165, 1.54) is 50.9 Å².